The van der Waals surface area contributed by atoms with Crippen LogP contribution in [0.25, 0.3) is 11.0 Å². The molecule has 0 aliphatic heterocycles. The van der Waals surface area contributed by atoms with Gasteiger partial charge in [-0.1, -0.05) is 24.3 Å². The molecular formula is C16H14O4S. The van der Waals surface area contributed by atoms with Crippen LogP contribution >= 0.6 is 11.3 Å². The van der Waals surface area contributed by atoms with Gasteiger partial charge in [0.25, 0.3) is 0 Å². The SMILES string of the molecule is O=C(O)c1oc2ccccc2c1COCCc1cccs1. The molecule has 3 aromatic rings. The molecule has 4 nitrogen and oxygen atoms in total. The molecule has 0 bridgehead atoms. The van der Waals surface area contributed by atoms with E-state index in [0.717, 1.165) is 11.8 Å². The first-order valence-corrected chi connectivity index (χ1v) is 7.47. The van der Waals surface area contributed by atoms with Gasteiger partial charge in [0, 0.05) is 22.2 Å². The number of rotatable bonds is 6. The molecule has 21 heavy (non-hydrogen) atoms. The molecule has 1 aromatic carbocycles. The first kappa shape index (κ1) is 13.9. The van der Waals surface area contributed by atoms with Crippen LogP contribution in [0.1, 0.15) is 21.0 Å². The van der Waals surface area contributed by atoms with Crippen LogP contribution in [0, 0.1) is 0 Å². The second kappa shape index (κ2) is 6.11. The number of thiophene rings is 1. The quantitative estimate of drug-likeness (QED) is 0.700. The zero-order valence-corrected chi connectivity index (χ0v) is 12.1. The Bertz CT molecular complexity index is 743. The molecule has 0 unspecified atom stereocenters. The van der Waals surface area contributed by atoms with E-state index in [1.54, 1.807) is 17.4 Å². The summed E-state index contributed by atoms with van der Waals surface area (Å²) in [6.45, 7) is 0.795. The Morgan fingerprint density at radius 2 is 2.10 bits per heavy atom. The van der Waals surface area contributed by atoms with Gasteiger partial charge in [0.2, 0.25) is 5.76 Å². The van der Waals surface area contributed by atoms with Gasteiger partial charge in [-0.3, -0.25) is 0 Å². The van der Waals surface area contributed by atoms with Crippen molar-refractivity contribution in [2.24, 2.45) is 0 Å². The van der Waals surface area contributed by atoms with Gasteiger partial charge in [-0.25, -0.2) is 4.79 Å². The van der Waals surface area contributed by atoms with Crippen molar-refractivity contribution in [3.8, 4) is 0 Å². The van der Waals surface area contributed by atoms with Crippen molar-refractivity contribution in [2.75, 3.05) is 6.61 Å². The Hall–Kier alpha value is -2.11. The number of carboxylic acid groups (broad SMARTS) is 1. The third-order valence-corrected chi connectivity index (χ3v) is 4.15. The predicted molar refractivity (Wildman–Crippen MR) is 80.9 cm³/mol. The maximum Gasteiger partial charge on any atom is 0.372 e. The second-order valence-corrected chi connectivity index (χ2v) is 5.63. The highest BCUT2D eigenvalue weighted by atomic mass is 32.1. The minimum absolute atomic E-state index is 0.0349. The summed E-state index contributed by atoms with van der Waals surface area (Å²) in [5.41, 5.74) is 1.18. The van der Waals surface area contributed by atoms with E-state index < -0.39 is 5.97 Å². The molecule has 2 heterocycles. The number of benzene rings is 1. The monoisotopic (exact) mass is 302 g/mol. The van der Waals surface area contributed by atoms with Gasteiger partial charge < -0.3 is 14.3 Å². The first-order valence-electron chi connectivity index (χ1n) is 6.59. The van der Waals surface area contributed by atoms with Gasteiger partial charge in [-0.2, -0.15) is 0 Å². The van der Waals surface area contributed by atoms with Crippen LogP contribution in [-0.4, -0.2) is 17.7 Å². The molecule has 0 saturated heterocycles. The zero-order valence-electron chi connectivity index (χ0n) is 11.2. The summed E-state index contributed by atoms with van der Waals surface area (Å²) >= 11 is 1.69. The minimum Gasteiger partial charge on any atom is -0.475 e. The molecule has 1 N–H and O–H groups in total. The zero-order chi connectivity index (χ0) is 14.7. The third kappa shape index (κ3) is 2.99. The van der Waals surface area contributed by atoms with Crippen molar-refractivity contribution >= 4 is 28.3 Å². The van der Waals surface area contributed by atoms with E-state index in [-0.39, 0.29) is 12.4 Å². The summed E-state index contributed by atoms with van der Waals surface area (Å²) in [4.78, 5) is 12.5. The predicted octanol–water partition coefficient (Wildman–Crippen LogP) is 3.95. The van der Waals surface area contributed by atoms with E-state index in [0.29, 0.717) is 17.8 Å². The average Bonchev–Trinajstić information content (AvgIpc) is 3.11. The van der Waals surface area contributed by atoms with Gasteiger partial charge >= 0.3 is 5.97 Å². The summed E-state index contributed by atoms with van der Waals surface area (Å²) in [6.07, 6.45) is 0.829. The highest BCUT2D eigenvalue weighted by molar-refractivity contribution is 7.09. The number of ether oxygens (including phenoxy) is 1. The number of fused-ring (bicyclic) bond motifs is 1. The molecule has 2 aromatic heterocycles. The molecule has 0 atom stereocenters. The summed E-state index contributed by atoms with van der Waals surface area (Å²) < 4.78 is 11.0. The van der Waals surface area contributed by atoms with Gasteiger partial charge in [0.1, 0.15) is 5.58 Å². The van der Waals surface area contributed by atoms with Crippen LogP contribution < -0.4 is 0 Å². The Kier molecular flexibility index (Phi) is 4.03. The molecule has 0 spiro atoms. The number of hydrogen-bond donors (Lipinski definition) is 1. The molecule has 5 heteroatoms. The van der Waals surface area contributed by atoms with Gasteiger partial charge in [-0.15, -0.1) is 11.3 Å². The van der Waals surface area contributed by atoms with Crippen molar-refractivity contribution in [3.05, 3.63) is 58.0 Å². The van der Waals surface area contributed by atoms with Crippen molar-refractivity contribution in [3.63, 3.8) is 0 Å². The van der Waals surface area contributed by atoms with E-state index in [1.807, 2.05) is 29.6 Å². The van der Waals surface area contributed by atoms with E-state index in [9.17, 15) is 9.90 Å². The van der Waals surface area contributed by atoms with Crippen LogP contribution in [0.15, 0.2) is 46.2 Å². The maximum absolute atomic E-state index is 11.3. The largest absolute Gasteiger partial charge is 0.475 e. The van der Waals surface area contributed by atoms with Crippen molar-refractivity contribution < 1.29 is 19.1 Å². The molecule has 0 radical (unpaired) electrons. The Morgan fingerprint density at radius 1 is 1.24 bits per heavy atom. The molecule has 3 rings (SSSR count). The number of furan rings is 1. The Labute approximate surface area is 125 Å². The molecule has 0 saturated carbocycles. The van der Waals surface area contributed by atoms with E-state index in [4.69, 9.17) is 9.15 Å². The van der Waals surface area contributed by atoms with Crippen LogP contribution in [0.3, 0.4) is 0 Å². The van der Waals surface area contributed by atoms with E-state index in [1.165, 1.54) is 4.88 Å². The summed E-state index contributed by atoms with van der Waals surface area (Å²) in [6, 6.07) is 11.4. The lowest BCUT2D eigenvalue weighted by Crippen LogP contribution is -2.03. The van der Waals surface area contributed by atoms with Crippen LogP contribution in [0.2, 0.25) is 0 Å². The molecule has 0 fully saturated rings. The number of carbonyl (C=O) groups is 1. The highest BCUT2D eigenvalue weighted by Gasteiger charge is 2.19. The van der Waals surface area contributed by atoms with Crippen LogP contribution in [-0.2, 0) is 17.8 Å². The normalized spacial score (nSPS) is 11.0. The summed E-state index contributed by atoms with van der Waals surface area (Å²) in [7, 11) is 0. The fraction of sp³-hybridized carbons (Fsp3) is 0.188. The van der Waals surface area contributed by atoms with E-state index in [2.05, 4.69) is 6.07 Å². The number of aromatic carboxylic acids is 1. The lowest BCUT2D eigenvalue weighted by atomic mass is 10.1. The maximum atomic E-state index is 11.3. The summed E-state index contributed by atoms with van der Waals surface area (Å²) in [5, 5.41) is 12.1. The highest BCUT2D eigenvalue weighted by Crippen LogP contribution is 2.26. The number of hydrogen-bond acceptors (Lipinski definition) is 4. The molecule has 0 aliphatic carbocycles. The topological polar surface area (TPSA) is 59.7 Å². The van der Waals surface area contributed by atoms with E-state index >= 15 is 0 Å². The average molecular weight is 302 g/mol. The number of carboxylic acids is 1. The molecule has 0 amide bonds. The van der Waals surface area contributed by atoms with Gasteiger partial charge in [-0.05, 0) is 17.5 Å². The third-order valence-electron chi connectivity index (χ3n) is 3.21. The Morgan fingerprint density at radius 3 is 2.86 bits per heavy atom. The van der Waals surface area contributed by atoms with Crippen molar-refractivity contribution in [1.29, 1.82) is 0 Å². The standard InChI is InChI=1S/C16H14O4S/c17-16(18)15-13(12-5-1-2-6-14(12)20-15)10-19-8-7-11-4-3-9-21-11/h1-6,9H,7-8,10H2,(H,17,18). The minimum atomic E-state index is -1.07. The second-order valence-electron chi connectivity index (χ2n) is 4.59. The smallest absolute Gasteiger partial charge is 0.372 e. The molecule has 108 valence electrons. The van der Waals surface area contributed by atoms with Crippen LogP contribution in [0.5, 0.6) is 0 Å². The van der Waals surface area contributed by atoms with Gasteiger partial charge in [0.05, 0.1) is 13.2 Å². The summed E-state index contributed by atoms with van der Waals surface area (Å²) in [5.74, 6) is -1.10. The van der Waals surface area contributed by atoms with Crippen molar-refractivity contribution in [2.45, 2.75) is 13.0 Å². The molecular weight excluding hydrogens is 288 g/mol. The number of para-hydroxylation sites is 1. The lowest BCUT2D eigenvalue weighted by Gasteiger charge is -2.03. The molecule has 0 aliphatic rings. The van der Waals surface area contributed by atoms with Crippen molar-refractivity contribution in [1.82, 2.24) is 0 Å². The lowest BCUT2D eigenvalue weighted by molar-refractivity contribution is 0.0653. The first-order chi connectivity index (χ1) is 10.3. The fourth-order valence-electron chi connectivity index (χ4n) is 2.22. The van der Waals surface area contributed by atoms with Gasteiger partial charge in [0.15, 0.2) is 0 Å². The van der Waals surface area contributed by atoms with Crippen LogP contribution in [0.4, 0.5) is 0 Å². The Balaban J connectivity index is 1.73. The fourth-order valence-corrected chi connectivity index (χ4v) is 2.91.